The Balaban J connectivity index is 1.67. The smallest absolute Gasteiger partial charge is 0.422 e. The number of anilines is 1. The number of nitrogens with one attached hydrogen (secondary N) is 1. The first-order chi connectivity index (χ1) is 23.1. The molecule has 1 aromatic carbocycles. The molecule has 1 aliphatic carbocycles. The van der Waals surface area contributed by atoms with Gasteiger partial charge in [0, 0.05) is 31.8 Å². The third kappa shape index (κ3) is 9.51. The Morgan fingerprint density at radius 3 is 2.40 bits per heavy atom. The summed E-state index contributed by atoms with van der Waals surface area (Å²) in [4.78, 5) is 53.4. The number of aromatic nitrogens is 2. The van der Waals surface area contributed by atoms with Crippen LogP contribution in [0.1, 0.15) is 50.2 Å². The molecule has 50 heavy (non-hydrogen) atoms. The highest BCUT2D eigenvalue weighted by atomic mass is 32.2. The Labute approximate surface area is 292 Å². The van der Waals surface area contributed by atoms with Crippen LogP contribution in [0, 0.1) is 11.7 Å². The van der Waals surface area contributed by atoms with E-state index in [4.69, 9.17) is 19.2 Å². The zero-order chi connectivity index (χ0) is 37.3. The molecule has 0 unspecified atom stereocenters. The first-order valence-corrected chi connectivity index (χ1v) is 20.2. The Morgan fingerprint density at radius 1 is 1.12 bits per heavy atom. The zero-order valence-corrected chi connectivity index (χ0v) is 30.9. The maximum absolute atomic E-state index is 15.8. The Hall–Kier alpha value is -3.77. The first-order valence-electron chi connectivity index (χ1n) is 15.7. The lowest BCUT2D eigenvalue weighted by Gasteiger charge is -2.37. The van der Waals surface area contributed by atoms with E-state index in [1.807, 2.05) is 0 Å². The van der Waals surface area contributed by atoms with Crippen LogP contribution in [0.5, 0.6) is 5.88 Å². The van der Waals surface area contributed by atoms with Crippen LogP contribution in [-0.4, -0.2) is 89.7 Å². The third-order valence-corrected chi connectivity index (χ3v) is 11.0. The summed E-state index contributed by atoms with van der Waals surface area (Å²) in [5, 5.41) is 2.65. The monoisotopic (exact) mass is 743 g/mol. The van der Waals surface area contributed by atoms with Crippen molar-refractivity contribution in [2.75, 3.05) is 32.4 Å². The summed E-state index contributed by atoms with van der Waals surface area (Å²) in [6.45, 7) is 11.9. The molecular weight excluding hydrogens is 703 g/mol. The summed E-state index contributed by atoms with van der Waals surface area (Å²) in [7, 11) is -0.228. The van der Waals surface area contributed by atoms with E-state index in [1.165, 1.54) is 24.1 Å². The molecule has 12 nitrogen and oxygen atoms in total. The number of halogens is 4. The molecule has 1 aliphatic heterocycles. The molecule has 2 heterocycles. The van der Waals surface area contributed by atoms with E-state index in [1.54, 1.807) is 27.7 Å². The molecule has 1 fully saturated rings. The zero-order valence-electron chi connectivity index (χ0n) is 29.1. The predicted molar refractivity (Wildman–Crippen MR) is 180 cm³/mol. The number of carbonyl (C=O) groups excluding carboxylic acids is 3. The molecule has 0 bridgehead atoms. The van der Waals surface area contributed by atoms with Crippen LogP contribution in [0.25, 0.3) is 0 Å². The standard InChI is InChI=1S/C32H41F4N5O7SSi/c1-29(2,3)48-28(44)41(18-46-11-12-50(6,7)8)27-40-30(4,23-14-31(23,49-27)26(43)45-5)20-13-19(9-10-21(20)33)39-25(42)22-15-38-24(16-37-22)47-17-32(34,35)36/h9-10,13,15-16,23H,11-12,14,17-18H2,1-8H3,(H,39,42)/t23-,30+,31-/m0/s1. The van der Waals surface area contributed by atoms with Gasteiger partial charge in [0.1, 0.15) is 28.6 Å². The van der Waals surface area contributed by atoms with Crippen molar-refractivity contribution in [3.63, 3.8) is 0 Å². The molecule has 0 spiro atoms. The van der Waals surface area contributed by atoms with Crippen molar-refractivity contribution in [2.45, 2.75) is 81.9 Å². The van der Waals surface area contributed by atoms with Crippen LogP contribution in [0.2, 0.25) is 25.7 Å². The van der Waals surface area contributed by atoms with Crippen molar-refractivity contribution in [1.82, 2.24) is 14.9 Å². The number of esters is 1. The summed E-state index contributed by atoms with van der Waals surface area (Å²) in [5.74, 6) is -3.03. The van der Waals surface area contributed by atoms with Crippen LogP contribution in [0.15, 0.2) is 35.6 Å². The summed E-state index contributed by atoms with van der Waals surface area (Å²) < 4.78 is 73.2. The third-order valence-electron chi connectivity index (χ3n) is 7.80. The maximum Gasteiger partial charge on any atom is 0.422 e. The van der Waals surface area contributed by atoms with E-state index in [9.17, 15) is 27.6 Å². The molecular formula is C32H41F4N5O7SSi. The molecule has 2 aliphatic rings. The van der Waals surface area contributed by atoms with Gasteiger partial charge in [-0.1, -0.05) is 31.4 Å². The summed E-state index contributed by atoms with van der Waals surface area (Å²) in [6.07, 6.45) is -3.29. The molecule has 0 saturated heterocycles. The van der Waals surface area contributed by atoms with E-state index in [0.717, 1.165) is 36.3 Å². The maximum atomic E-state index is 15.8. The normalized spacial score (nSPS) is 21.8. The number of rotatable bonds is 11. The average Bonchev–Trinajstić information content (AvgIpc) is 3.76. The molecule has 0 radical (unpaired) electrons. The van der Waals surface area contributed by atoms with E-state index in [0.29, 0.717) is 6.61 Å². The number of aliphatic imine (C=N–C) groups is 1. The van der Waals surface area contributed by atoms with Crippen molar-refractivity contribution in [2.24, 2.45) is 10.9 Å². The Bertz CT molecular complexity index is 1630. The number of thioether (sulfide) groups is 1. The fourth-order valence-corrected chi connectivity index (χ4v) is 7.51. The van der Waals surface area contributed by atoms with Crippen molar-refractivity contribution >= 4 is 48.7 Å². The van der Waals surface area contributed by atoms with Gasteiger partial charge in [-0.3, -0.25) is 14.6 Å². The molecule has 3 atom stereocenters. The first kappa shape index (κ1) is 39.0. The highest BCUT2D eigenvalue weighted by Crippen LogP contribution is 2.67. The van der Waals surface area contributed by atoms with Gasteiger partial charge in [-0.25, -0.2) is 24.1 Å². The number of carbonyl (C=O) groups is 3. The van der Waals surface area contributed by atoms with Crippen LogP contribution >= 0.6 is 11.8 Å². The van der Waals surface area contributed by atoms with Crippen molar-refractivity contribution < 1.29 is 50.9 Å². The minimum absolute atomic E-state index is 0.0228. The van der Waals surface area contributed by atoms with E-state index in [-0.39, 0.29) is 35.3 Å². The molecule has 2 amide bonds. The van der Waals surface area contributed by atoms with Crippen LogP contribution in [0.4, 0.5) is 28.0 Å². The number of fused-ring (bicyclic) bond motifs is 1. The number of methoxy groups -OCH3 is 1. The van der Waals surface area contributed by atoms with E-state index in [2.05, 4.69) is 39.7 Å². The van der Waals surface area contributed by atoms with Gasteiger partial charge in [0.05, 0.1) is 25.0 Å². The summed E-state index contributed by atoms with van der Waals surface area (Å²) in [5.41, 5.74) is -2.40. The average molecular weight is 744 g/mol. The van der Waals surface area contributed by atoms with E-state index < -0.39 is 72.3 Å². The predicted octanol–water partition coefficient (Wildman–Crippen LogP) is 6.61. The quantitative estimate of drug-likeness (QED) is 0.0879. The van der Waals surface area contributed by atoms with Gasteiger partial charge in [0.15, 0.2) is 11.8 Å². The van der Waals surface area contributed by atoms with Gasteiger partial charge < -0.3 is 24.3 Å². The number of ether oxygens (including phenoxy) is 4. The molecule has 1 saturated carbocycles. The number of hydrogen-bond donors (Lipinski definition) is 1. The topological polar surface area (TPSA) is 142 Å². The highest BCUT2D eigenvalue weighted by molar-refractivity contribution is 8.15. The second-order valence-corrected chi connectivity index (χ2v) is 21.2. The fourth-order valence-electron chi connectivity index (χ4n) is 5.16. The van der Waals surface area contributed by atoms with Gasteiger partial charge in [0.2, 0.25) is 5.88 Å². The lowest BCUT2D eigenvalue weighted by Crippen LogP contribution is -2.47. The van der Waals surface area contributed by atoms with E-state index >= 15 is 4.39 Å². The minimum Gasteiger partial charge on any atom is -0.468 e. The van der Waals surface area contributed by atoms with Crippen molar-refractivity contribution in [3.8, 4) is 5.88 Å². The number of alkyl halides is 3. The van der Waals surface area contributed by atoms with Gasteiger partial charge in [-0.2, -0.15) is 13.2 Å². The summed E-state index contributed by atoms with van der Waals surface area (Å²) in [6, 6.07) is 4.61. The van der Waals surface area contributed by atoms with Crippen LogP contribution < -0.4 is 10.1 Å². The Kier molecular flexibility index (Phi) is 11.3. The van der Waals surface area contributed by atoms with Gasteiger partial charge in [-0.05, 0) is 58.4 Å². The fraction of sp³-hybridized carbons (Fsp3) is 0.562. The lowest BCUT2D eigenvalue weighted by atomic mass is 9.85. The van der Waals surface area contributed by atoms with Crippen molar-refractivity contribution in [1.29, 1.82) is 0 Å². The molecule has 4 rings (SSSR count). The van der Waals surface area contributed by atoms with Gasteiger partial charge in [-0.15, -0.1) is 0 Å². The molecule has 2 aromatic rings. The van der Waals surface area contributed by atoms with Crippen LogP contribution in [0.3, 0.4) is 0 Å². The molecule has 18 heteroatoms. The van der Waals surface area contributed by atoms with Crippen molar-refractivity contribution in [3.05, 3.63) is 47.7 Å². The second kappa shape index (κ2) is 14.5. The summed E-state index contributed by atoms with van der Waals surface area (Å²) >= 11 is 1.04. The minimum atomic E-state index is -4.58. The van der Waals surface area contributed by atoms with Crippen LogP contribution in [-0.2, 0) is 24.5 Å². The number of nitrogens with zero attached hydrogens (tertiary/aromatic N) is 4. The second-order valence-electron chi connectivity index (χ2n) is 14.3. The molecule has 274 valence electrons. The number of amidine groups is 1. The largest absolute Gasteiger partial charge is 0.468 e. The number of amides is 2. The van der Waals surface area contributed by atoms with Gasteiger partial charge in [0.25, 0.3) is 5.91 Å². The highest BCUT2D eigenvalue weighted by Gasteiger charge is 2.72. The lowest BCUT2D eigenvalue weighted by molar-refractivity contribution is -0.154. The molecule has 1 aromatic heterocycles. The molecule has 1 N–H and O–H groups in total. The van der Waals surface area contributed by atoms with Gasteiger partial charge >= 0.3 is 18.2 Å². The number of benzene rings is 1. The SMILES string of the molecule is COC(=O)[C@]12C[C@H]1[C@@](C)(c1cc(NC(=O)c3cnc(OCC(F)(F)F)cn3)ccc1F)N=C(N(COCC[Si](C)(C)C)C(=O)OC(C)(C)C)S2. The Morgan fingerprint density at radius 2 is 1.82 bits per heavy atom. The number of hydrogen-bond acceptors (Lipinski definition) is 11.